The minimum absolute atomic E-state index is 0.163. The Morgan fingerprint density at radius 1 is 1.00 bits per heavy atom. The van der Waals surface area contributed by atoms with E-state index in [9.17, 15) is 13.2 Å². The van der Waals surface area contributed by atoms with Gasteiger partial charge in [-0.05, 0) is 67.4 Å². The third-order valence-electron chi connectivity index (χ3n) is 4.89. The zero-order chi connectivity index (χ0) is 19.7. The summed E-state index contributed by atoms with van der Waals surface area (Å²) in [5, 5.41) is 2.90. The van der Waals surface area contributed by atoms with Crippen molar-refractivity contribution in [3.63, 3.8) is 0 Å². The Hall–Kier alpha value is -3.06. The molecule has 1 aliphatic heterocycles. The summed E-state index contributed by atoms with van der Waals surface area (Å²) in [6.45, 7) is 2.35. The maximum atomic E-state index is 12.7. The molecule has 4 rings (SSSR count). The quantitative estimate of drug-likeness (QED) is 0.734. The zero-order valence-corrected chi connectivity index (χ0v) is 16.3. The lowest BCUT2D eigenvalue weighted by atomic mass is 10.1. The number of aryl methyl sites for hydroxylation is 1. The van der Waals surface area contributed by atoms with Crippen molar-refractivity contribution >= 4 is 27.3 Å². The minimum atomic E-state index is -3.26. The SMILES string of the molecule is Cc1ccc(N2CCCS2(=O)=O)cc1NC(=O)c1ccc(-n2cccc2)cc1. The van der Waals surface area contributed by atoms with Crippen LogP contribution < -0.4 is 9.62 Å². The first kappa shape index (κ1) is 18.3. The fourth-order valence-corrected chi connectivity index (χ4v) is 4.87. The molecule has 1 fully saturated rings. The number of benzene rings is 2. The monoisotopic (exact) mass is 395 g/mol. The second kappa shape index (κ2) is 7.16. The number of nitrogens with one attached hydrogen (secondary N) is 1. The summed E-state index contributed by atoms with van der Waals surface area (Å²) >= 11 is 0. The van der Waals surface area contributed by atoms with Gasteiger partial charge in [-0.2, -0.15) is 0 Å². The van der Waals surface area contributed by atoms with Crippen molar-refractivity contribution in [1.29, 1.82) is 0 Å². The number of rotatable bonds is 4. The first-order valence-corrected chi connectivity index (χ1v) is 10.7. The van der Waals surface area contributed by atoms with Crippen molar-refractivity contribution in [3.05, 3.63) is 78.1 Å². The van der Waals surface area contributed by atoms with Gasteiger partial charge in [-0.15, -0.1) is 0 Å². The summed E-state index contributed by atoms with van der Waals surface area (Å²) in [4.78, 5) is 12.7. The molecule has 28 heavy (non-hydrogen) atoms. The van der Waals surface area contributed by atoms with E-state index in [1.807, 2.05) is 54.2 Å². The molecule has 0 atom stereocenters. The van der Waals surface area contributed by atoms with Gasteiger partial charge in [-0.25, -0.2) is 8.42 Å². The largest absolute Gasteiger partial charge is 0.324 e. The van der Waals surface area contributed by atoms with Gasteiger partial charge < -0.3 is 9.88 Å². The lowest BCUT2D eigenvalue weighted by molar-refractivity contribution is 0.102. The van der Waals surface area contributed by atoms with Crippen LogP contribution in [0.1, 0.15) is 22.3 Å². The predicted octanol–water partition coefficient (Wildman–Crippen LogP) is 3.58. The van der Waals surface area contributed by atoms with Gasteiger partial charge >= 0.3 is 0 Å². The molecule has 0 saturated carbocycles. The van der Waals surface area contributed by atoms with Crippen LogP contribution in [0.15, 0.2) is 67.0 Å². The number of carbonyl (C=O) groups excluding carboxylic acids is 1. The molecule has 3 aromatic rings. The van der Waals surface area contributed by atoms with E-state index in [2.05, 4.69) is 5.32 Å². The molecule has 2 aromatic carbocycles. The Morgan fingerprint density at radius 2 is 1.68 bits per heavy atom. The van der Waals surface area contributed by atoms with E-state index in [4.69, 9.17) is 0 Å². The average molecular weight is 395 g/mol. The minimum Gasteiger partial charge on any atom is -0.324 e. The van der Waals surface area contributed by atoms with Gasteiger partial charge in [0, 0.05) is 35.9 Å². The number of sulfonamides is 1. The Balaban J connectivity index is 1.55. The molecule has 1 N–H and O–H groups in total. The summed E-state index contributed by atoms with van der Waals surface area (Å²) < 4.78 is 27.7. The fraction of sp³-hybridized carbons (Fsp3) is 0.190. The zero-order valence-electron chi connectivity index (χ0n) is 15.5. The molecule has 0 spiro atoms. The average Bonchev–Trinajstić information content (AvgIpc) is 3.33. The third-order valence-corrected chi connectivity index (χ3v) is 6.76. The summed E-state index contributed by atoms with van der Waals surface area (Å²) in [6.07, 6.45) is 4.50. The summed E-state index contributed by atoms with van der Waals surface area (Å²) in [5.74, 6) is -0.0698. The van der Waals surface area contributed by atoms with Crippen LogP contribution in [0, 0.1) is 6.92 Å². The standard InChI is InChI=1S/C21H21N3O3S/c1-16-5-8-19(24-13-4-14-28(24,26)27)15-20(16)22-21(25)17-6-9-18(10-7-17)23-11-2-3-12-23/h2-3,5-12,15H,4,13-14H2,1H3,(H,22,25). The van der Waals surface area contributed by atoms with Crippen LogP contribution >= 0.6 is 0 Å². The van der Waals surface area contributed by atoms with Gasteiger partial charge in [0.2, 0.25) is 10.0 Å². The van der Waals surface area contributed by atoms with Crippen molar-refractivity contribution < 1.29 is 13.2 Å². The van der Waals surface area contributed by atoms with Crippen LogP contribution in [-0.4, -0.2) is 31.2 Å². The van der Waals surface area contributed by atoms with Crippen molar-refractivity contribution in [3.8, 4) is 5.69 Å². The topological polar surface area (TPSA) is 71.4 Å². The van der Waals surface area contributed by atoms with Gasteiger partial charge in [0.25, 0.3) is 5.91 Å². The van der Waals surface area contributed by atoms with E-state index in [-0.39, 0.29) is 11.7 Å². The number of anilines is 2. The Morgan fingerprint density at radius 3 is 2.32 bits per heavy atom. The van der Waals surface area contributed by atoms with E-state index in [0.717, 1.165) is 11.3 Å². The molecule has 1 aliphatic rings. The highest BCUT2D eigenvalue weighted by atomic mass is 32.2. The number of aromatic nitrogens is 1. The molecular weight excluding hydrogens is 374 g/mol. The van der Waals surface area contributed by atoms with E-state index in [1.54, 1.807) is 24.3 Å². The van der Waals surface area contributed by atoms with Crippen molar-refractivity contribution in [2.75, 3.05) is 21.9 Å². The second-order valence-corrected chi connectivity index (χ2v) is 8.85. The predicted molar refractivity (Wildman–Crippen MR) is 111 cm³/mol. The molecule has 1 amide bonds. The van der Waals surface area contributed by atoms with E-state index in [0.29, 0.717) is 29.9 Å². The fourth-order valence-electron chi connectivity index (χ4n) is 3.32. The van der Waals surface area contributed by atoms with Crippen LogP contribution in [-0.2, 0) is 10.0 Å². The highest BCUT2D eigenvalue weighted by molar-refractivity contribution is 7.93. The molecular formula is C21H21N3O3S. The molecule has 6 nitrogen and oxygen atoms in total. The van der Waals surface area contributed by atoms with Gasteiger partial charge in [0.15, 0.2) is 0 Å². The summed E-state index contributed by atoms with van der Waals surface area (Å²) in [7, 11) is -3.26. The Bertz CT molecular complexity index is 1100. The smallest absolute Gasteiger partial charge is 0.255 e. The highest BCUT2D eigenvalue weighted by Crippen LogP contribution is 2.28. The molecule has 1 aromatic heterocycles. The first-order valence-electron chi connectivity index (χ1n) is 9.10. The molecule has 144 valence electrons. The van der Waals surface area contributed by atoms with Crippen molar-refractivity contribution in [2.45, 2.75) is 13.3 Å². The van der Waals surface area contributed by atoms with E-state index < -0.39 is 10.0 Å². The van der Waals surface area contributed by atoms with Crippen molar-refractivity contribution in [2.24, 2.45) is 0 Å². The van der Waals surface area contributed by atoms with Gasteiger partial charge in [0.1, 0.15) is 0 Å². The number of carbonyl (C=O) groups is 1. The maximum Gasteiger partial charge on any atom is 0.255 e. The number of amides is 1. The number of hydrogen-bond acceptors (Lipinski definition) is 3. The van der Waals surface area contributed by atoms with E-state index in [1.165, 1.54) is 4.31 Å². The molecule has 2 heterocycles. The molecule has 1 saturated heterocycles. The van der Waals surface area contributed by atoms with Crippen LogP contribution in [0.25, 0.3) is 5.69 Å². The van der Waals surface area contributed by atoms with Gasteiger partial charge in [-0.3, -0.25) is 9.10 Å². The van der Waals surface area contributed by atoms with Crippen molar-refractivity contribution in [1.82, 2.24) is 4.57 Å². The molecule has 0 aliphatic carbocycles. The van der Waals surface area contributed by atoms with Crippen LogP contribution in [0.5, 0.6) is 0 Å². The first-order chi connectivity index (χ1) is 13.4. The highest BCUT2D eigenvalue weighted by Gasteiger charge is 2.28. The summed E-state index contributed by atoms with van der Waals surface area (Å²) in [5.41, 5.74) is 3.58. The van der Waals surface area contributed by atoms with Crippen LogP contribution in [0.3, 0.4) is 0 Å². The van der Waals surface area contributed by atoms with Crippen LogP contribution in [0.2, 0.25) is 0 Å². The lowest BCUT2D eigenvalue weighted by Gasteiger charge is -2.19. The third kappa shape index (κ3) is 3.53. The maximum absolute atomic E-state index is 12.7. The Kier molecular flexibility index (Phi) is 4.68. The number of hydrogen-bond donors (Lipinski definition) is 1. The molecule has 7 heteroatoms. The van der Waals surface area contributed by atoms with Crippen LogP contribution in [0.4, 0.5) is 11.4 Å². The lowest BCUT2D eigenvalue weighted by Crippen LogP contribution is -2.25. The van der Waals surface area contributed by atoms with Gasteiger partial charge in [-0.1, -0.05) is 6.07 Å². The summed E-state index contributed by atoms with van der Waals surface area (Å²) in [6, 6.07) is 16.5. The molecule has 0 unspecified atom stereocenters. The normalized spacial score (nSPS) is 15.5. The molecule has 0 bridgehead atoms. The molecule has 0 radical (unpaired) electrons. The number of nitrogens with zero attached hydrogens (tertiary/aromatic N) is 2. The second-order valence-electron chi connectivity index (χ2n) is 6.83. The van der Waals surface area contributed by atoms with Gasteiger partial charge in [0.05, 0.1) is 11.4 Å². The van der Waals surface area contributed by atoms with E-state index >= 15 is 0 Å². The Labute approximate surface area is 164 Å².